The molecule has 0 heterocycles. The van der Waals surface area contributed by atoms with Gasteiger partial charge in [-0.15, -0.1) is 0 Å². The monoisotopic (exact) mass is 210 g/mol. The van der Waals surface area contributed by atoms with Crippen LogP contribution in [0.2, 0.25) is 0 Å². The van der Waals surface area contributed by atoms with E-state index in [1.807, 2.05) is 0 Å². The minimum atomic E-state index is -0.934. The second-order valence-corrected chi connectivity index (χ2v) is 3.18. The summed E-state index contributed by atoms with van der Waals surface area (Å²) in [6, 6.07) is 6.98. The molecule has 0 unspecified atom stereocenters. The van der Waals surface area contributed by atoms with Crippen molar-refractivity contribution >= 4 is 5.97 Å². The van der Waals surface area contributed by atoms with E-state index in [0.717, 1.165) is 0 Å². The maximum atomic E-state index is 10.6. The van der Waals surface area contributed by atoms with Gasteiger partial charge in [0.05, 0.1) is 6.61 Å². The zero-order valence-corrected chi connectivity index (χ0v) is 8.51. The van der Waals surface area contributed by atoms with Gasteiger partial charge in [0.1, 0.15) is 12.7 Å². The van der Waals surface area contributed by atoms with Crippen LogP contribution in [0.25, 0.3) is 0 Å². The van der Waals surface area contributed by atoms with Crippen molar-refractivity contribution in [3.63, 3.8) is 0 Å². The van der Waals surface area contributed by atoms with Crippen molar-refractivity contribution in [2.45, 2.75) is 19.6 Å². The summed E-state index contributed by atoms with van der Waals surface area (Å²) in [7, 11) is 0. The lowest BCUT2D eigenvalue weighted by Crippen LogP contribution is -2.08. The lowest BCUT2D eigenvalue weighted by Gasteiger charge is -2.13. The van der Waals surface area contributed by atoms with Crippen molar-refractivity contribution in [1.82, 2.24) is 0 Å². The lowest BCUT2D eigenvalue weighted by molar-refractivity contribution is -0.142. The fourth-order valence-corrected chi connectivity index (χ4v) is 1.27. The molecule has 0 fully saturated rings. The first-order valence-electron chi connectivity index (χ1n) is 4.65. The molecule has 0 aliphatic heterocycles. The SMILES string of the molecule is CC(=O)OCc1ccccc1[C@@H](O)CO. The highest BCUT2D eigenvalue weighted by Gasteiger charge is 2.11. The van der Waals surface area contributed by atoms with E-state index in [4.69, 9.17) is 9.84 Å². The van der Waals surface area contributed by atoms with Gasteiger partial charge in [-0.3, -0.25) is 4.79 Å². The van der Waals surface area contributed by atoms with Crippen molar-refractivity contribution in [2.24, 2.45) is 0 Å². The van der Waals surface area contributed by atoms with Crippen molar-refractivity contribution in [1.29, 1.82) is 0 Å². The molecular formula is C11H14O4. The van der Waals surface area contributed by atoms with Gasteiger partial charge in [0.2, 0.25) is 0 Å². The van der Waals surface area contributed by atoms with Gasteiger partial charge in [-0.2, -0.15) is 0 Å². The van der Waals surface area contributed by atoms with Gasteiger partial charge >= 0.3 is 5.97 Å². The summed E-state index contributed by atoms with van der Waals surface area (Å²) < 4.78 is 4.83. The summed E-state index contributed by atoms with van der Waals surface area (Å²) in [5, 5.41) is 18.3. The standard InChI is InChI=1S/C11H14O4/c1-8(13)15-7-9-4-2-3-5-10(9)11(14)6-12/h2-5,11-12,14H,6-7H2,1H3/t11-/m0/s1. The van der Waals surface area contributed by atoms with Gasteiger partial charge < -0.3 is 14.9 Å². The largest absolute Gasteiger partial charge is 0.461 e. The molecule has 1 rings (SSSR count). The number of aliphatic hydroxyl groups is 2. The Kier molecular flexibility index (Phi) is 4.27. The van der Waals surface area contributed by atoms with Gasteiger partial charge in [-0.1, -0.05) is 24.3 Å². The smallest absolute Gasteiger partial charge is 0.302 e. The number of aliphatic hydroxyl groups excluding tert-OH is 2. The molecule has 0 radical (unpaired) electrons. The fraction of sp³-hybridized carbons (Fsp3) is 0.364. The number of benzene rings is 1. The van der Waals surface area contributed by atoms with Gasteiger partial charge in [0.25, 0.3) is 0 Å². The van der Waals surface area contributed by atoms with Crippen LogP contribution in [0.3, 0.4) is 0 Å². The quantitative estimate of drug-likeness (QED) is 0.720. The highest BCUT2D eigenvalue weighted by molar-refractivity contribution is 5.65. The molecule has 1 aromatic carbocycles. The highest BCUT2D eigenvalue weighted by atomic mass is 16.5. The van der Waals surface area contributed by atoms with Crippen LogP contribution in [0.5, 0.6) is 0 Å². The number of carbonyl (C=O) groups is 1. The van der Waals surface area contributed by atoms with E-state index < -0.39 is 6.10 Å². The van der Waals surface area contributed by atoms with Crippen LogP contribution >= 0.6 is 0 Å². The normalized spacial score (nSPS) is 12.2. The Bertz CT molecular complexity index is 335. The van der Waals surface area contributed by atoms with Crippen LogP contribution in [-0.4, -0.2) is 22.8 Å². The van der Waals surface area contributed by atoms with Crippen LogP contribution in [0.15, 0.2) is 24.3 Å². The Morgan fingerprint density at radius 3 is 2.73 bits per heavy atom. The molecule has 0 spiro atoms. The summed E-state index contributed by atoms with van der Waals surface area (Å²) in [6.07, 6.45) is -0.934. The molecule has 4 heteroatoms. The number of hydrogen-bond donors (Lipinski definition) is 2. The first-order valence-corrected chi connectivity index (χ1v) is 4.65. The molecule has 0 amide bonds. The van der Waals surface area contributed by atoms with Crippen LogP contribution in [0.1, 0.15) is 24.2 Å². The van der Waals surface area contributed by atoms with E-state index in [2.05, 4.69) is 0 Å². The highest BCUT2D eigenvalue weighted by Crippen LogP contribution is 2.18. The minimum absolute atomic E-state index is 0.114. The number of hydrogen-bond acceptors (Lipinski definition) is 4. The van der Waals surface area contributed by atoms with Crippen LogP contribution in [-0.2, 0) is 16.1 Å². The number of carbonyl (C=O) groups excluding carboxylic acids is 1. The first-order chi connectivity index (χ1) is 7.15. The topological polar surface area (TPSA) is 66.8 Å². The molecule has 0 saturated heterocycles. The number of rotatable bonds is 4. The Balaban J connectivity index is 2.81. The summed E-state index contributed by atoms with van der Waals surface area (Å²) in [6.45, 7) is 1.09. The molecule has 1 aromatic rings. The molecular weight excluding hydrogens is 196 g/mol. The molecule has 4 nitrogen and oxygen atoms in total. The lowest BCUT2D eigenvalue weighted by atomic mass is 10.0. The van der Waals surface area contributed by atoms with Gasteiger partial charge in [0, 0.05) is 6.92 Å². The number of ether oxygens (including phenoxy) is 1. The first kappa shape index (κ1) is 11.7. The summed E-state index contributed by atoms with van der Waals surface area (Å²) >= 11 is 0. The average Bonchev–Trinajstić information content (AvgIpc) is 2.25. The molecule has 2 N–H and O–H groups in total. The summed E-state index contributed by atoms with van der Waals surface area (Å²) in [4.78, 5) is 10.6. The van der Waals surface area contributed by atoms with E-state index in [-0.39, 0.29) is 19.2 Å². The zero-order valence-electron chi connectivity index (χ0n) is 8.51. The van der Waals surface area contributed by atoms with Crippen LogP contribution < -0.4 is 0 Å². The summed E-state index contributed by atoms with van der Waals surface area (Å²) in [5.41, 5.74) is 1.29. The summed E-state index contributed by atoms with van der Waals surface area (Å²) in [5.74, 6) is -0.372. The van der Waals surface area contributed by atoms with Crippen LogP contribution in [0.4, 0.5) is 0 Å². The zero-order chi connectivity index (χ0) is 11.3. The minimum Gasteiger partial charge on any atom is -0.461 e. The average molecular weight is 210 g/mol. The molecule has 82 valence electrons. The molecule has 1 atom stereocenters. The third-order valence-electron chi connectivity index (χ3n) is 2.02. The molecule has 0 saturated carbocycles. The fourth-order valence-electron chi connectivity index (χ4n) is 1.27. The Hall–Kier alpha value is -1.39. The van der Waals surface area contributed by atoms with E-state index in [0.29, 0.717) is 11.1 Å². The van der Waals surface area contributed by atoms with Gasteiger partial charge in [-0.05, 0) is 11.1 Å². The second kappa shape index (κ2) is 5.48. The van der Waals surface area contributed by atoms with E-state index in [1.54, 1.807) is 24.3 Å². The van der Waals surface area contributed by atoms with Crippen LogP contribution in [0, 0.1) is 0 Å². The van der Waals surface area contributed by atoms with Crippen molar-refractivity contribution in [3.8, 4) is 0 Å². The Morgan fingerprint density at radius 2 is 2.13 bits per heavy atom. The maximum absolute atomic E-state index is 10.6. The van der Waals surface area contributed by atoms with Crippen molar-refractivity contribution in [3.05, 3.63) is 35.4 Å². The number of esters is 1. The third kappa shape index (κ3) is 3.34. The molecule has 0 bridgehead atoms. The maximum Gasteiger partial charge on any atom is 0.302 e. The van der Waals surface area contributed by atoms with Crippen molar-refractivity contribution in [2.75, 3.05) is 6.61 Å². The van der Waals surface area contributed by atoms with Crippen molar-refractivity contribution < 1.29 is 19.7 Å². The van der Waals surface area contributed by atoms with Gasteiger partial charge in [0.15, 0.2) is 0 Å². The molecule has 0 aliphatic rings. The molecule has 0 aromatic heterocycles. The van der Waals surface area contributed by atoms with E-state index >= 15 is 0 Å². The molecule has 15 heavy (non-hydrogen) atoms. The van der Waals surface area contributed by atoms with E-state index in [9.17, 15) is 9.90 Å². The second-order valence-electron chi connectivity index (χ2n) is 3.18. The molecule has 0 aliphatic carbocycles. The van der Waals surface area contributed by atoms with Gasteiger partial charge in [-0.25, -0.2) is 0 Å². The Morgan fingerprint density at radius 1 is 1.47 bits per heavy atom. The third-order valence-corrected chi connectivity index (χ3v) is 2.02. The Labute approximate surface area is 88.1 Å². The predicted octanol–water partition coefficient (Wildman–Crippen LogP) is 0.775. The predicted molar refractivity (Wildman–Crippen MR) is 54.0 cm³/mol. The van der Waals surface area contributed by atoms with E-state index in [1.165, 1.54) is 6.92 Å².